The molecule has 0 unspecified atom stereocenters. The van der Waals surface area contributed by atoms with E-state index in [9.17, 15) is 9.59 Å². The average Bonchev–Trinajstić information content (AvgIpc) is 2.90. The number of hydrogen-bond acceptors (Lipinski definition) is 3. The maximum Gasteiger partial charge on any atom is 0.444 e. The normalized spacial score (nSPS) is 10.3. The molecule has 0 fully saturated rings. The Bertz CT molecular complexity index is 826. The summed E-state index contributed by atoms with van der Waals surface area (Å²) in [6.45, 7) is 0. The van der Waals surface area contributed by atoms with Gasteiger partial charge < -0.3 is 14.7 Å². The number of amides is 1. The summed E-state index contributed by atoms with van der Waals surface area (Å²) in [6.07, 6.45) is -0.980. The van der Waals surface area contributed by atoms with Gasteiger partial charge in [0.1, 0.15) is 0 Å². The number of para-hydroxylation sites is 2. The zero-order chi connectivity index (χ0) is 14.7. The van der Waals surface area contributed by atoms with Crippen molar-refractivity contribution < 1.29 is 14.3 Å². The second-order valence-corrected chi connectivity index (χ2v) is 4.28. The summed E-state index contributed by atoms with van der Waals surface area (Å²) in [4.78, 5) is 32.8. The molecule has 0 bridgehead atoms. The number of aromatic nitrogens is 2. The number of H-pyrrole nitrogens is 2. The first kappa shape index (κ1) is 12.9. The van der Waals surface area contributed by atoms with Crippen LogP contribution < -0.4 is 5.62 Å². The van der Waals surface area contributed by atoms with Crippen LogP contribution in [0.25, 0.3) is 11.0 Å². The predicted octanol–water partition coefficient (Wildman–Crippen LogP) is 2.37. The van der Waals surface area contributed by atoms with Crippen LogP contribution in [0.1, 0.15) is 10.4 Å². The van der Waals surface area contributed by atoms with Gasteiger partial charge in [0.05, 0.1) is 16.6 Å². The van der Waals surface area contributed by atoms with Crippen LogP contribution in [0.3, 0.4) is 0 Å². The monoisotopic (exact) mass is 281 g/mol. The van der Waals surface area contributed by atoms with Gasteiger partial charge in [-0.2, -0.15) is 0 Å². The molecule has 1 aromatic heterocycles. The number of benzene rings is 2. The van der Waals surface area contributed by atoms with E-state index in [0.29, 0.717) is 5.56 Å². The second kappa shape index (κ2) is 5.46. The zero-order valence-corrected chi connectivity index (χ0v) is 10.9. The molecule has 104 valence electrons. The quantitative estimate of drug-likeness (QED) is 0.530. The van der Waals surface area contributed by atoms with Crippen molar-refractivity contribution in [3.05, 3.63) is 65.8 Å². The molecular formula is C15H11N3O3. The van der Waals surface area contributed by atoms with Crippen LogP contribution in [0.15, 0.2) is 59.6 Å². The van der Waals surface area contributed by atoms with Crippen LogP contribution in [-0.4, -0.2) is 22.0 Å². The van der Waals surface area contributed by atoms with Crippen LogP contribution in [0.4, 0.5) is 4.79 Å². The molecule has 0 aliphatic heterocycles. The van der Waals surface area contributed by atoms with Crippen molar-refractivity contribution in [3.8, 4) is 0 Å². The number of fused-ring (bicyclic) bond motifs is 1. The van der Waals surface area contributed by atoms with Crippen LogP contribution >= 0.6 is 0 Å². The van der Waals surface area contributed by atoms with Crippen molar-refractivity contribution in [2.75, 3.05) is 0 Å². The lowest BCUT2D eigenvalue weighted by molar-refractivity contribution is 0.0637. The van der Waals surface area contributed by atoms with Gasteiger partial charge >= 0.3 is 12.1 Å². The van der Waals surface area contributed by atoms with Gasteiger partial charge in [0.15, 0.2) is 0 Å². The van der Waals surface area contributed by atoms with Crippen molar-refractivity contribution in [2.45, 2.75) is 0 Å². The Labute approximate surface area is 119 Å². The third kappa shape index (κ3) is 2.89. The van der Waals surface area contributed by atoms with Gasteiger partial charge in [-0.25, -0.2) is 9.59 Å². The molecule has 2 aromatic carbocycles. The topological polar surface area (TPSA) is 87.3 Å². The highest BCUT2D eigenvalue weighted by Crippen LogP contribution is 2.04. The molecule has 0 saturated heterocycles. The number of rotatable bonds is 1. The van der Waals surface area contributed by atoms with E-state index in [-0.39, 0.29) is 5.62 Å². The molecule has 0 aliphatic carbocycles. The van der Waals surface area contributed by atoms with Gasteiger partial charge in [0.25, 0.3) is 0 Å². The molecule has 0 spiro atoms. The summed E-state index contributed by atoms with van der Waals surface area (Å²) < 4.78 is 4.65. The second-order valence-electron chi connectivity index (χ2n) is 4.28. The molecule has 0 radical (unpaired) electrons. The summed E-state index contributed by atoms with van der Waals surface area (Å²) in [5, 5.41) is 0. The summed E-state index contributed by atoms with van der Waals surface area (Å²) in [7, 11) is 0. The van der Waals surface area contributed by atoms with Crippen LogP contribution in [0.5, 0.6) is 0 Å². The van der Waals surface area contributed by atoms with Gasteiger partial charge in [-0.05, 0) is 24.3 Å². The highest BCUT2D eigenvalue weighted by atomic mass is 16.6. The van der Waals surface area contributed by atoms with E-state index in [4.69, 9.17) is 0 Å². The molecule has 3 aromatic rings. The lowest BCUT2D eigenvalue weighted by atomic mass is 10.2. The number of nitrogens with zero attached hydrogens (tertiary/aromatic N) is 1. The van der Waals surface area contributed by atoms with Gasteiger partial charge in [-0.1, -0.05) is 30.3 Å². The summed E-state index contributed by atoms with van der Waals surface area (Å²) in [5.41, 5.74) is 2.13. The highest BCUT2D eigenvalue weighted by Gasteiger charge is 2.11. The number of carbonyl (C=O) groups excluding carboxylic acids is 2. The smallest absolute Gasteiger partial charge is 0.371 e. The molecule has 6 nitrogen and oxygen atoms in total. The van der Waals surface area contributed by atoms with E-state index in [1.165, 1.54) is 0 Å². The minimum absolute atomic E-state index is 0.224. The number of ether oxygens (including phenoxy) is 1. The Morgan fingerprint density at radius 2 is 1.43 bits per heavy atom. The average molecular weight is 281 g/mol. The van der Waals surface area contributed by atoms with Crippen LogP contribution in [0.2, 0.25) is 0 Å². The number of esters is 1. The van der Waals surface area contributed by atoms with Crippen molar-refractivity contribution in [1.82, 2.24) is 9.97 Å². The van der Waals surface area contributed by atoms with E-state index in [2.05, 4.69) is 19.7 Å². The fraction of sp³-hybridized carbons (Fsp3) is 0. The first-order valence-corrected chi connectivity index (χ1v) is 6.25. The Morgan fingerprint density at radius 3 is 2.05 bits per heavy atom. The van der Waals surface area contributed by atoms with Gasteiger partial charge in [-0.3, -0.25) is 0 Å². The van der Waals surface area contributed by atoms with Crippen molar-refractivity contribution in [1.29, 1.82) is 0 Å². The van der Waals surface area contributed by atoms with Crippen molar-refractivity contribution >= 4 is 23.1 Å². The summed E-state index contributed by atoms with van der Waals surface area (Å²) in [6, 6.07) is 15.6. The van der Waals surface area contributed by atoms with E-state index in [1.54, 1.807) is 30.3 Å². The maximum absolute atomic E-state index is 11.7. The maximum atomic E-state index is 11.7. The Balaban J connectivity index is 1.80. The minimum atomic E-state index is -0.980. The molecule has 0 atom stereocenters. The van der Waals surface area contributed by atoms with E-state index < -0.39 is 12.1 Å². The fourth-order valence-corrected chi connectivity index (χ4v) is 1.87. The zero-order valence-electron chi connectivity index (χ0n) is 10.9. The Kier molecular flexibility index (Phi) is 3.34. The molecule has 0 saturated carbocycles. The molecule has 2 N–H and O–H groups in total. The lowest BCUT2D eigenvalue weighted by Gasteiger charge is -1.97. The number of hydrogen-bond donors (Lipinski definition) is 2. The van der Waals surface area contributed by atoms with E-state index in [0.717, 1.165) is 11.0 Å². The van der Waals surface area contributed by atoms with Gasteiger partial charge in [0.2, 0.25) is 5.62 Å². The lowest BCUT2D eigenvalue weighted by Crippen LogP contribution is -2.14. The number of aromatic amines is 2. The van der Waals surface area contributed by atoms with Crippen molar-refractivity contribution in [2.24, 2.45) is 4.99 Å². The standard InChI is InChI=1S/C15H11N3O3/c19-13(10-6-2-1-3-7-10)21-15(20)18-14-16-11-8-4-5-9-12(11)17-14/h1-9H,(H2,16,17,18,20). The number of carbonyl (C=O) groups is 2. The van der Waals surface area contributed by atoms with Crippen LogP contribution in [-0.2, 0) is 4.74 Å². The van der Waals surface area contributed by atoms with Gasteiger partial charge in [-0.15, -0.1) is 4.99 Å². The van der Waals surface area contributed by atoms with Crippen LogP contribution in [0, 0.1) is 0 Å². The number of imidazole rings is 1. The molecule has 1 heterocycles. The number of nitrogens with one attached hydrogen (secondary N) is 2. The molecule has 0 aliphatic rings. The molecular weight excluding hydrogens is 270 g/mol. The molecule has 6 heteroatoms. The summed E-state index contributed by atoms with van der Waals surface area (Å²) >= 11 is 0. The summed E-state index contributed by atoms with van der Waals surface area (Å²) in [5.74, 6) is -0.736. The fourth-order valence-electron chi connectivity index (χ4n) is 1.87. The first-order chi connectivity index (χ1) is 10.2. The third-order valence-electron chi connectivity index (χ3n) is 2.83. The predicted molar refractivity (Wildman–Crippen MR) is 75.5 cm³/mol. The van der Waals surface area contributed by atoms with Crippen molar-refractivity contribution in [3.63, 3.8) is 0 Å². The SMILES string of the molecule is O=C(N=c1[nH]c2ccccc2[nH]1)OC(=O)c1ccccc1. The molecule has 1 amide bonds. The van der Waals surface area contributed by atoms with E-state index in [1.807, 2.05) is 24.3 Å². The molecule has 21 heavy (non-hydrogen) atoms. The van der Waals surface area contributed by atoms with Gasteiger partial charge in [0, 0.05) is 0 Å². The largest absolute Gasteiger partial charge is 0.444 e. The van der Waals surface area contributed by atoms with E-state index >= 15 is 0 Å². The highest BCUT2D eigenvalue weighted by molar-refractivity contribution is 5.96. The first-order valence-electron chi connectivity index (χ1n) is 6.25. The third-order valence-corrected chi connectivity index (χ3v) is 2.83. The Hall–Kier alpha value is -3.15. The Morgan fingerprint density at radius 1 is 0.857 bits per heavy atom. The molecule has 3 rings (SSSR count). The minimum Gasteiger partial charge on any atom is -0.371 e.